The highest BCUT2D eigenvalue weighted by atomic mass is 16.5. The van der Waals surface area contributed by atoms with Crippen LogP contribution in [0.25, 0.3) is 11.3 Å². The van der Waals surface area contributed by atoms with Crippen molar-refractivity contribution in [1.82, 2.24) is 10.2 Å². The predicted molar refractivity (Wildman–Crippen MR) is 93.3 cm³/mol. The second kappa shape index (κ2) is 8.05. The summed E-state index contributed by atoms with van der Waals surface area (Å²) in [6, 6.07) is 11.1. The van der Waals surface area contributed by atoms with E-state index in [1.54, 1.807) is 6.07 Å². The summed E-state index contributed by atoms with van der Waals surface area (Å²) in [4.78, 5) is 0. The molecule has 0 saturated carbocycles. The number of aromatic nitrogens is 2. The number of hydrogen-bond donors (Lipinski definition) is 4. The Bertz CT molecular complexity index is 640. The molecule has 0 amide bonds. The number of nitrogens with one attached hydrogen (secondary N) is 1. The number of para-hydroxylation sites is 1. The molecular weight excluding hydrogens is 306 g/mol. The van der Waals surface area contributed by atoms with Gasteiger partial charge in [-0.05, 0) is 45.0 Å². The number of hydrogen-bond acceptors (Lipinski definition) is 6. The molecule has 0 fully saturated rings. The number of ether oxygens (including phenoxy) is 1. The fourth-order valence-corrected chi connectivity index (χ4v) is 2.10. The molecule has 130 valence electrons. The molecule has 7 nitrogen and oxygen atoms in total. The van der Waals surface area contributed by atoms with Gasteiger partial charge < -0.3 is 20.6 Å². The number of aliphatic hydroxyl groups excluding tert-OH is 1. The number of rotatable bonds is 7. The second-order valence-corrected chi connectivity index (χ2v) is 6.71. The van der Waals surface area contributed by atoms with Crippen LogP contribution in [0, 0.1) is 0 Å². The fraction of sp³-hybridized carbons (Fsp3) is 0.412. The van der Waals surface area contributed by atoms with Crippen LogP contribution in [0.2, 0.25) is 0 Å². The van der Waals surface area contributed by atoms with E-state index >= 15 is 0 Å². The van der Waals surface area contributed by atoms with Crippen molar-refractivity contribution in [2.75, 3.05) is 18.6 Å². The molecule has 0 saturated heterocycles. The van der Waals surface area contributed by atoms with E-state index in [9.17, 15) is 5.11 Å². The van der Waals surface area contributed by atoms with Crippen molar-refractivity contribution < 1.29 is 15.2 Å². The summed E-state index contributed by atoms with van der Waals surface area (Å²) >= 11 is 0. The van der Waals surface area contributed by atoms with Crippen LogP contribution in [-0.4, -0.2) is 40.1 Å². The van der Waals surface area contributed by atoms with Crippen LogP contribution in [0.15, 0.2) is 36.4 Å². The van der Waals surface area contributed by atoms with Gasteiger partial charge in [-0.2, -0.15) is 0 Å². The van der Waals surface area contributed by atoms with Gasteiger partial charge >= 0.3 is 0 Å². The quantitative estimate of drug-likeness (QED) is 0.435. The minimum absolute atomic E-state index is 0.0766. The lowest BCUT2D eigenvalue weighted by molar-refractivity contribution is -0.722. The van der Waals surface area contributed by atoms with E-state index in [0.29, 0.717) is 23.8 Å². The Kier molecular flexibility index (Phi) is 6.08. The topological polar surface area (TPSA) is 110 Å². The van der Waals surface area contributed by atoms with Crippen molar-refractivity contribution in [2.45, 2.75) is 32.4 Å². The minimum Gasteiger partial charge on any atom is -0.490 e. The Balaban J connectivity index is 2.03. The first kappa shape index (κ1) is 18.1. The van der Waals surface area contributed by atoms with Gasteiger partial charge in [0, 0.05) is 5.56 Å². The van der Waals surface area contributed by atoms with Crippen molar-refractivity contribution in [1.29, 1.82) is 0 Å². The Morgan fingerprint density at radius 1 is 1.21 bits per heavy atom. The molecule has 0 aliphatic carbocycles. The average Bonchev–Trinajstić information content (AvgIpc) is 2.58. The number of benzene rings is 1. The highest BCUT2D eigenvalue weighted by Crippen LogP contribution is 2.28. The van der Waals surface area contributed by atoms with Gasteiger partial charge in [-0.1, -0.05) is 12.1 Å². The summed E-state index contributed by atoms with van der Waals surface area (Å²) in [6.07, 6.45) is -0.549. The summed E-state index contributed by atoms with van der Waals surface area (Å²) < 4.78 is 5.80. The minimum atomic E-state index is -0.549. The molecule has 2 aromatic rings. The van der Waals surface area contributed by atoms with E-state index in [0.717, 1.165) is 5.56 Å². The van der Waals surface area contributed by atoms with E-state index in [-0.39, 0.29) is 12.1 Å². The maximum atomic E-state index is 10.1. The number of hydrazine groups is 1. The Morgan fingerprint density at radius 2 is 1.96 bits per heavy atom. The number of anilines is 1. The molecule has 1 atom stereocenters. The number of nitrogens with two attached hydrogens (primary N) is 2. The van der Waals surface area contributed by atoms with Gasteiger partial charge in [-0.15, -0.1) is 10.2 Å². The molecule has 1 heterocycles. The fourth-order valence-electron chi connectivity index (χ4n) is 2.10. The van der Waals surface area contributed by atoms with Gasteiger partial charge in [0.25, 0.3) is 0 Å². The van der Waals surface area contributed by atoms with Gasteiger partial charge in [0.15, 0.2) is 5.82 Å². The number of nitrogen functional groups attached to an aromatic ring is 1. The van der Waals surface area contributed by atoms with Crippen LogP contribution in [0.1, 0.15) is 20.8 Å². The van der Waals surface area contributed by atoms with Gasteiger partial charge in [0.1, 0.15) is 25.0 Å². The molecule has 24 heavy (non-hydrogen) atoms. The number of nitrogens with zero attached hydrogens (tertiary/aromatic N) is 2. The van der Waals surface area contributed by atoms with Crippen LogP contribution < -0.4 is 21.3 Å². The number of quaternary nitrogens is 1. The van der Waals surface area contributed by atoms with Crippen molar-refractivity contribution in [2.24, 2.45) is 5.84 Å². The van der Waals surface area contributed by atoms with Crippen molar-refractivity contribution in [3.63, 3.8) is 0 Å². The van der Waals surface area contributed by atoms with Crippen molar-refractivity contribution in [3.05, 3.63) is 36.4 Å². The van der Waals surface area contributed by atoms with E-state index in [1.165, 1.54) is 0 Å². The highest BCUT2D eigenvalue weighted by Gasteiger charge is 2.17. The third-order valence-corrected chi connectivity index (χ3v) is 3.41. The van der Waals surface area contributed by atoms with E-state index < -0.39 is 6.10 Å². The SMILES string of the molecule is CC(C)(C)[NH2+]C[C@H](O)COc1ccccc1-c1ccc(NN)nn1. The highest BCUT2D eigenvalue weighted by molar-refractivity contribution is 5.67. The Morgan fingerprint density at radius 3 is 2.58 bits per heavy atom. The molecule has 2 rings (SSSR count). The first-order chi connectivity index (χ1) is 11.4. The summed E-state index contributed by atoms with van der Waals surface area (Å²) in [7, 11) is 0. The first-order valence-electron chi connectivity index (χ1n) is 7.94. The maximum Gasteiger partial charge on any atom is 0.162 e. The lowest BCUT2D eigenvalue weighted by atomic mass is 10.1. The predicted octanol–water partition coefficient (Wildman–Crippen LogP) is 0.531. The summed E-state index contributed by atoms with van der Waals surface area (Å²) in [5.74, 6) is 6.45. The molecule has 0 bridgehead atoms. The van der Waals surface area contributed by atoms with Crippen LogP contribution in [0.5, 0.6) is 5.75 Å². The molecule has 0 unspecified atom stereocenters. The second-order valence-electron chi connectivity index (χ2n) is 6.71. The Hall–Kier alpha value is -2.22. The van der Waals surface area contributed by atoms with Gasteiger partial charge in [-0.3, -0.25) is 0 Å². The van der Waals surface area contributed by atoms with E-state index in [2.05, 4.69) is 41.7 Å². The van der Waals surface area contributed by atoms with Crippen molar-refractivity contribution >= 4 is 5.82 Å². The molecule has 0 spiro atoms. The summed E-state index contributed by atoms with van der Waals surface area (Å²) in [5.41, 5.74) is 4.02. The standard InChI is InChI=1S/C17H25N5O2/c1-17(2,3)19-10-12(23)11-24-15-7-5-4-6-13(15)14-8-9-16(20-18)22-21-14/h4-9,12,19,23H,10-11,18H2,1-3H3,(H,20,22)/p+1/t12-/m0/s1. The smallest absolute Gasteiger partial charge is 0.162 e. The van der Waals surface area contributed by atoms with Crippen LogP contribution in [0.3, 0.4) is 0 Å². The zero-order valence-electron chi connectivity index (χ0n) is 14.4. The third-order valence-electron chi connectivity index (χ3n) is 3.41. The summed E-state index contributed by atoms with van der Waals surface area (Å²) in [5, 5.41) is 20.3. The van der Waals surface area contributed by atoms with Crippen LogP contribution in [-0.2, 0) is 0 Å². The Labute approximate surface area is 142 Å². The molecular formula is C17H26N5O2+. The molecule has 1 aromatic carbocycles. The average molecular weight is 332 g/mol. The molecule has 7 heteroatoms. The molecule has 0 aliphatic rings. The lowest BCUT2D eigenvalue weighted by Crippen LogP contribution is -2.96. The van der Waals surface area contributed by atoms with Crippen molar-refractivity contribution in [3.8, 4) is 17.0 Å². The van der Waals surface area contributed by atoms with Gasteiger partial charge in [-0.25, -0.2) is 5.84 Å². The zero-order chi connectivity index (χ0) is 17.6. The lowest BCUT2D eigenvalue weighted by Gasteiger charge is -2.20. The third kappa shape index (κ3) is 5.45. The number of aliphatic hydroxyl groups is 1. The first-order valence-corrected chi connectivity index (χ1v) is 7.94. The van der Waals surface area contributed by atoms with E-state index in [4.69, 9.17) is 10.6 Å². The van der Waals surface area contributed by atoms with Gasteiger partial charge in [0.05, 0.1) is 11.2 Å². The molecule has 1 aromatic heterocycles. The zero-order valence-corrected chi connectivity index (χ0v) is 14.4. The normalized spacial score (nSPS) is 12.7. The largest absolute Gasteiger partial charge is 0.490 e. The van der Waals surface area contributed by atoms with Crippen LogP contribution in [0.4, 0.5) is 5.82 Å². The molecule has 0 aliphatic heterocycles. The van der Waals surface area contributed by atoms with Gasteiger partial charge in [0.2, 0.25) is 0 Å². The monoisotopic (exact) mass is 332 g/mol. The van der Waals surface area contributed by atoms with Crippen LogP contribution >= 0.6 is 0 Å². The molecule has 0 radical (unpaired) electrons. The summed E-state index contributed by atoms with van der Waals surface area (Å²) in [6.45, 7) is 7.12. The molecule has 6 N–H and O–H groups in total. The van der Waals surface area contributed by atoms with E-state index in [1.807, 2.05) is 30.3 Å². The maximum absolute atomic E-state index is 10.1.